The lowest BCUT2D eigenvalue weighted by Gasteiger charge is -2.17. The maximum Gasteiger partial charge on any atom is 0.316 e. The number of carbonyl (C=O) groups is 2. The molecule has 3 rings (SSSR count). The van der Waals surface area contributed by atoms with Gasteiger partial charge in [0, 0.05) is 17.3 Å². The number of aliphatic hydroxyl groups is 1. The summed E-state index contributed by atoms with van der Waals surface area (Å²) in [6.07, 6.45) is 0. The molecule has 0 saturated carbocycles. The topological polar surface area (TPSA) is 122 Å². The van der Waals surface area contributed by atoms with Crippen molar-refractivity contribution in [1.82, 2.24) is 14.9 Å². The molecule has 0 bridgehead atoms. The molecule has 2 aromatic heterocycles. The first-order valence-electron chi connectivity index (χ1n) is 9.07. The van der Waals surface area contributed by atoms with E-state index in [0.29, 0.717) is 37.2 Å². The lowest BCUT2D eigenvalue weighted by atomic mass is 10.1. The van der Waals surface area contributed by atoms with Gasteiger partial charge in [0.2, 0.25) is 0 Å². The van der Waals surface area contributed by atoms with E-state index in [9.17, 15) is 18.9 Å². The number of pyridine rings is 1. The van der Waals surface area contributed by atoms with Crippen LogP contribution in [0.2, 0.25) is 10.0 Å². The van der Waals surface area contributed by atoms with E-state index in [1.807, 2.05) is 0 Å². The molecule has 2 atom stereocenters. The average Bonchev–Trinajstić information content (AvgIpc) is 3.06. The molecule has 1 aromatic carbocycles. The van der Waals surface area contributed by atoms with Gasteiger partial charge in [-0.05, 0) is 30.7 Å². The number of aliphatic hydroxyl groups excluding tert-OH is 1. The highest BCUT2D eigenvalue weighted by atomic mass is 35.5. The van der Waals surface area contributed by atoms with Gasteiger partial charge in [-0.15, -0.1) is 0 Å². The minimum absolute atomic E-state index is 0.281. The molecule has 0 fully saturated rings. The Morgan fingerprint density at radius 3 is 2.45 bits per heavy atom. The standard InChI is InChI=1S/C20H19Cl2N3O5S/c1-10-17(21)18(22)13-7-15(25(2)19(13)23-10)20(29)24-14(8-26)11-3-5-12(6-4-11)31(30)9-16(27)28/h3-7,14,26H,8-9H2,1-2H3,(H,24,29)(H,27,28)/t14-,31?/m1/s1. The number of aryl methyl sites for hydroxylation is 2. The van der Waals surface area contributed by atoms with Gasteiger partial charge in [0.25, 0.3) is 5.91 Å². The predicted octanol–water partition coefficient (Wildman–Crippen LogP) is 2.84. The number of nitrogens with zero attached hydrogens (tertiary/aromatic N) is 2. The zero-order chi connectivity index (χ0) is 22.9. The van der Waals surface area contributed by atoms with Gasteiger partial charge < -0.3 is 20.1 Å². The number of carboxylic acid groups (broad SMARTS) is 1. The SMILES string of the molecule is Cc1nc2c(cc(C(=O)N[C@H](CO)c3ccc(S(=O)CC(=O)O)cc3)n2C)c(Cl)c1Cl. The Morgan fingerprint density at radius 1 is 1.23 bits per heavy atom. The number of hydrogen-bond donors (Lipinski definition) is 3. The largest absolute Gasteiger partial charge is 0.481 e. The molecule has 3 N–H and O–H groups in total. The lowest BCUT2D eigenvalue weighted by molar-refractivity contribution is -0.133. The minimum Gasteiger partial charge on any atom is -0.481 e. The number of halogens is 2. The van der Waals surface area contributed by atoms with Gasteiger partial charge in [-0.2, -0.15) is 0 Å². The molecule has 1 unspecified atom stereocenters. The van der Waals surface area contributed by atoms with Crippen LogP contribution in [0.15, 0.2) is 35.2 Å². The second-order valence-corrected chi connectivity index (χ2v) is 9.02. The molecule has 1 amide bonds. The number of aliphatic carboxylic acids is 1. The summed E-state index contributed by atoms with van der Waals surface area (Å²) >= 11 is 12.5. The van der Waals surface area contributed by atoms with Crippen LogP contribution in [0.5, 0.6) is 0 Å². The average molecular weight is 484 g/mol. The summed E-state index contributed by atoms with van der Waals surface area (Å²) in [6.45, 7) is 1.34. The van der Waals surface area contributed by atoms with Crippen LogP contribution in [-0.2, 0) is 22.6 Å². The first-order valence-corrected chi connectivity index (χ1v) is 11.1. The van der Waals surface area contributed by atoms with Crippen LogP contribution in [0.1, 0.15) is 27.8 Å². The minimum atomic E-state index is -1.68. The van der Waals surface area contributed by atoms with Crippen LogP contribution in [0, 0.1) is 6.92 Å². The molecule has 0 radical (unpaired) electrons. The lowest BCUT2D eigenvalue weighted by Crippen LogP contribution is -2.32. The van der Waals surface area contributed by atoms with E-state index in [-0.39, 0.29) is 12.3 Å². The van der Waals surface area contributed by atoms with E-state index in [4.69, 9.17) is 28.3 Å². The number of rotatable bonds is 7. The first-order chi connectivity index (χ1) is 14.6. The summed E-state index contributed by atoms with van der Waals surface area (Å²) in [5.41, 5.74) is 1.90. The number of hydrogen-bond acceptors (Lipinski definition) is 5. The monoisotopic (exact) mass is 483 g/mol. The van der Waals surface area contributed by atoms with Gasteiger partial charge in [0.05, 0.1) is 39.2 Å². The molecule has 0 saturated heterocycles. The van der Waals surface area contributed by atoms with Gasteiger partial charge >= 0.3 is 5.97 Å². The van der Waals surface area contributed by atoms with Crippen molar-refractivity contribution in [2.24, 2.45) is 7.05 Å². The summed E-state index contributed by atoms with van der Waals surface area (Å²) in [7, 11) is -0.00376. The molecular formula is C20H19Cl2N3O5S. The van der Waals surface area contributed by atoms with Crippen molar-refractivity contribution >= 4 is 56.9 Å². The molecule has 3 aromatic rings. The third-order valence-electron chi connectivity index (χ3n) is 4.74. The fraction of sp³-hybridized carbons (Fsp3) is 0.250. The molecule has 11 heteroatoms. The fourth-order valence-electron chi connectivity index (χ4n) is 3.11. The summed E-state index contributed by atoms with van der Waals surface area (Å²) in [5, 5.41) is 22.5. The number of fused-ring (bicyclic) bond motifs is 1. The molecule has 31 heavy (non-hydrogen) atoms. The van der Waals surface area contributed by atoms with E-state index < -0.39 is 34.5 Å². The van der Waals surface area contributed by atoms with Gasteiger partial charge in [-0.25, -0.2) is 4.98 Å². The Bertz CT molecular complexity index is 1190. The van der Waals surface area contributed by atoms with Crippen molar-refractivity contribution in [3.63, 3.8) is 0 Å². The number of benzene rings is 1. The van der Waals surface area contributed by atoms with Gasteiger partial charge in [0.15, 0.2) is 0 Å². The summed E-state index contributed by atoms with van der Waals surface area (Å²) < 4.78 is 13.5. The van der Waals surface area contributed by atoms with Crippen molar-refractivity contribution in [2.45, 2.75) is 17.9 Å². The molecule has 2 heterocycles. The second-order valence-electron chi connectivity index (χ2n) is 6.81. The van der Waals surface area contributed by atoms with Crippen LogP contribution in [-0.4, -0.2) is 48.2 Å². The Kier molecular flexibility index (Phi) is 7.00. The molecule has 0 aliphatic heterocycles. The highest BCUT2D eigenvalue weighted by Gasteiger charge is 2.22. The van der Waals surface area contributed by atoms with Crippen molar-refractivity contribution in [1.29, 1.82) is 0 Å². The Hall–Kier alpha value is -2.46. The molecule has 0 spiro atoms. The van der Waals surface area contributed by atoms with Crippen LogP contribution in [0.3, 0.4) is 0 Å². The Morgan fingerprint density at radius 2 is 1.87 bits per heavy atom. The van der Waals surface area contributed by atoms with Crippen LogP contribution >= 0.6 is 23.2 Å². The molecule has 8 nitrogen and oxygen atoms in total. The van der Waals surface area contributed by atoms with E-state index in [2.05, 4.69) is 10.3 Å². The number of aromatic nitrogens is 2. The number of nitrogens with one attached hydrogen (secondary N) is 1. The van der Waals surface area contributed by atoms with Crippen molar-refractivity contribution in [2.75, 3.05) is 12.4 Å². The van der Waals surface area contributed by atoms with Gasteiger partial charge in [-0.3, -0.25) is 13.8 Å². The van der Waals surface area contributed by atoms with Gasteiger partial charge in [-0.1, -0.05) is 35.3 Å². The van der Waals surface area contributed by atoms with Crippen molar-refractivity contribution < 1.29 is 24.0 Å². The molecule has 0 aliphatic carbocycles. The second kappa shape index (κ2) is 9.35. The fourth-order valence-corrected chi connectivity index (χ4v) is 4.36. The normalized spacial score (nSPS) is 13.2. The molecular weight excluding hydrogens is 465 g/mol. The summed E-state index contributed by atoms with van der Waals surface area (Å²) in [4.78, 5) is 28.3. The highest BCUT2D eigenvalue weighted by Crippen LogP contribution is 2.33. The number of carboxylic acids is 1. The maximum atomic E-state index is 12.9. The zero-order valence-corrected chi connectivity index (χ0v) is 18.9. The molecule has 0 aliphatic rings. The van der Waals surface area contributed by atoms with Crippen molar-refractivity contribution in [3.05, 3.63) is 57.3 Å². The van der Waals surface area contributed by atoms with E-state index >= 15 is 0 Å². The highest BCUT2D eigenvalue weighted by molar-refractivity contribution is 7.85. The van der Waals surface area contributed by atoms with E-state index in [0.717, 1.165) is 0 Å². The van der Waals surface area contributed by atoms with Crippen LogP contribution < -0.4 is 5.32 Å². The van der Waals surface area contributed by atoms with Crippen LogP contribution in [0.4, 0.5) is 0 Å². The maximum absolute atomic E-state index is 12.9. The van der Waals surface area contributed by atoms with Crippen molar-refractivity contribution in [3.8, 4) is 0 Å². The number of carbonyl (C=O) groups excluding carboxylic acids is 1. The quantitative estimate of drug-likeness (QED) is 0.474. The summed E-state index contributed by atoms with van der Waals surface area (Å²) in [6, 6.07) is 7.03. The van der Waals surface area contributed by atoms with E-state index in [1.54, 1.807) is 36.7 Å². The van der Waals surface area contributed by atoms with Crippen LogP contribution in [0.25, 0.3) is 11.0 Å². The molecule has 164 valence electrons. The predicted molar refractivity (Wildman–Crippen MR) is 118 cm³/mol. The van der Waals surface area contributed by atoms with E-state index in [1.165, 1.54) is 12.1 Å². The zero-order valence-electron chi connectivity index (χ0n) is 16.6. The third kappa shape index (κ3) is 4.74. The summed E-state index contributed by atoms with van der Waals surface area (Å²) in [5.74, 6) is -2.12. The number of amides is 1. The smallest absolute Gasteiger partial charge is 0.316 e. The van der Waals surface area contributed by atoms with Gasteiger partial charge in [0.1, 0.15) is 17.1 Å². The Labute approximate surface area is 190 Å². The third-order valence-corrected chi connectivity index (χ3v) is 7.00. The first kappa shape index (κ1) is 23.2. The Balaban J connectivity index is 1.85.